The fourth-order valence-corrected chi connectivity index (χ4v) is 2.79. The van der Waals surface area contributed by atoms with Crippen LogP contribution in [0, 0.1) is 0 Å². The van der Waals surface area contributed by atoms with E-state index in [1.807, 2.05) is 43.3 Å². The molecule has 138 valence electrons. The summed E-state index contributed by atoms with van der Waals surface area (Å²) in [5, 5.41) is 3.55. The summed E-state index contributed by atoms with van der Waals surface area (Å²) < 4.78 is 5.78. The van der Waals surface area contributed by atoms with Crippen molar-refractivity contribution < 1.29 is 9.53 Å². The molecular formula is C22H21ClN2O2. The summed E-state index contributed by atoms with van der Waals surface area (Å²) >= 11 is 5.88. The molecule has 0 spiro atoms. The van der Waals surface area contributed by atoms with Crippen LogP contribution < -0.4 is 10.1 Å². The number of hydrogen-bond acceptors (Lipinski definition) is 3. The van der Waals surface area contributed by atoms with E-state index in [1.54, 1.807) is 36.7 Å². The SMILES string of the molecule is CC[C@@H](Oc1ccc(Cl)cc1)C(=O)Nc1ccc(Cc2ccncc2)cc1. The zero-order chi connectivity index (χ0) is 19.1. The van der Waals surface area contributed by atoms with Crippen LogP contribution in [-0.4, -0.2) is 17.0 Å². The van der Waals surface area contributed by atoms with Crippen molar-refractivity contribution in [3.05, 3.63) is 89.2 Å². The molecule has 1 heterocycles. The second-order valence-electron chi connectivity index (χ2n) is 6.19. The average molecular weight is 381 g/mol. The standard InChI is InChI=1S/C22H21ClN2O2/c1-2-21(27-20-9-5-18(23)6-10-20)22(26)25-19-7-3-16(4-8-19)15-17-11-13-24-14-12-17/h3-14,21H,2,15H2,1H3,(H,25,26)/t21-/m1/s1. The van der Waals surface area contributed by atoms with Gasteiger partial charge in [-0.25, -0.2) is 0 Å². The molecule has 0 aliphatic heterocycles. The topological polar surface area (TPSA) is 51.2 Å². The minimum absolute atomic E-state index is 0.172. The Morgan fingerprint density at radius 1 is 1.00 bits per heavy atom. The van der Waals surface area contributed by atoms with Crippen LogP contribution in [0.5, 0.6) is 5.75 Å². The number of halogens is 1. The lowest BCUT2D eigenvalue weighted by atomic mass is 10.1. The van der Waals surface area contributed by atoms with Crippen molar-refractivity contribution in [2.24, 2.45) is 0 Å². The highest BCUT2D eigenvalue weighted by Gasteiger charge is 2.18. The van der Waals surface area contributed by atoms with Gasteiger partial charge >= 0.3 is 0 Å². The van der Waals surface area contributed by atoms with E-state index in [0.717, 1.165) is 12.1 Å². The first kappa shape index (κ1) is 18.9. The smallest absolute Gasteiger partial charge is 0.265 e. The second-order valence-corrected chi connectivity index (χ2v) is 6.62. The first-order chi connectivity index (χ1) is 13.1. The summed E-state index contributed by atoms with van der Waals surface area (Å²) in [6.45, 7) is 1.91. The van der Waals surface area contributed by atoms with Crippen LogP contribution in [0.15, 0.2) is 73.1 Å². The number of rotatable bonds is 7. The van der Waals surface area contributed by atoms with Crippen LogP contribution in [0.1, 0.15) is 24.5 Å². The van der Waals surface area contributed by atoms with Gasteiger partial charge in [0.15, 0.2) is 6.10 Å². The minimum Gasteiger partial charge on any atom is -0.481 e. The molecule has 0 bridgehead atoms. The van der Waals surface area contributed by atoms with E-state index in [0.29, 0.717) is 17.2 Å². The van der Waals surface area contributed by atoms with E-state index >= 15 is 0 Å². The number of nitrogens with zero attached hydrogens (tertiary/aromatic N) is 1. The first-order valence-corrected chi connectivity index (χ1v) is 9.23. The lowest BCUT2D eigenvalue weighted by Crippen LogP contribution is -2.32. The van der Waals surface area contributed by atoms with Gasteiger partial charge in [-0.1, -0.05) is 30.7 Å². The molecule has 5 heteroatoms. The van der Waals surface area contributed by atoms with Crippen molar-refractivity contribution in [2.45, 2.75) is 25.9 Å². The van der Waals surface area contributed by atoms with Crippen molar-refractivity contribution in [1.29, 1.82) is 0 Å². The Balaban J connectivity index is 1.59. The number of ether oxygens (including phenoxy) is 1. The normalized spacial score (nSPS) is 11.6. The Morgan fingerprint density at radius 2 is 1.63 bits per heavy atom. The van der Waals surface area contributed by atoms with Gasteiger partial charge in [-0.2, -0.15) is 0 Å². The van der Waals surface area contributed by atoms with Gasteiger partial charge in [0.2, 0.25) is 0 Å². The molecule has 1 N–H and O–H groups in total. The van der Waals surface area contributed by atoms with Crippen LogP contribution >= 0.6 is 11.6 Å². The van der Waals surface area contributed by atoms with E-state index in [9.17, 15) is 4.79 Å². The average Bonchev–Trinajstić information content (AvgIpc) is 2.70. The zero-order valence-corrected chi connectivity index (χ0v) is 15.8. The number of pyridine rings is 1. The van der Waals surface area contributed by atoms with Crippen molar-refractivity contribution in [3.8, 4) is 5.75 Å². The molecule has 3 rings (SSSR count). The molecule has 27 heavy (non-hydrogen) atoms. The van der Waals surface area contributed by atoms with Gasteiger partial charge in [-0.05, 0) is 72.5 Å². The summed E-state index contributed by atoms with van der Waals surface area (Å²) in [4.78, 5) is 16.5. The predicted molar refractivity (Wildman–Crippen MR) is 108 cm³/mol. The molecule has 3 aromatic rings. The number of aromatic nitrogens is 1. The number of hydrogen-bond donors (Lipinski definition) is 1. The summed E-state index contributed by atoms with van der Waals surface area (Å²) in [6.07, 6.45) is 4.40. The molecule has 0 saturated heterocycles. The molecule has 4 nitrogen and oxygen atoms in total. The molecule has 1 amide bonds. The van der Waals surface area contributed by atoms with Crippen LogP contribution in [0.2, 0.25) is 5.02 Å². The Labute approximate surface area is 164 Å². The summed E-state index contributed by atoms with van der Waals surface area (Å²) in [5.41, 5.74) is 3.12. The Kier molecular flexibility index (Phi) is 6.44. The number of amides is 1. The number of benzene rings is 2. The van der Waals surface area contributed by atoms with Crippen molar-refractivity contribution in [1.82, 2.24) is 4.98 Å². The minimum atomic E-state index is -0.567. The third-order valence-corrected chi connectivity index (χ3v) is 4.39. The first-order valence-electron chi connectivity index (χ1n) is 8.85. The fourth-order valence-electron chi connectivity index (χ4n) is 2.66. The second kappa shape index (κ2) is 9.19. The highest BCUT2D eigenvalue weighted by molar-refractivity contribution is 6.30. The largest absolute Gasteiger partial charge is 0.481 e. The Hall–Kier alpha value is -2.85. The van der Waals surface area contributed by atoms with Crippen molar-refractivity contribution >= 4 is 23.2 Å². The molecule has 1 aromatic heterocycles. The molecule has 0 unspecified atom stereocenters. The number of carbonyl (C=O) groups excluding carboxylic acids is 1. The molecule has 0 saturated carbocycles. The van der Waals surface area contributed by atoms with Gasteiger partial charge in [-0.15, -0.1) is 0 Å². The van der Waals surface area contributed by atoms with Crippen molar-refractivity contribution in [3.63, 3.8) is 0 Å². The third-order valence-electron chi connectivity index (χ3n) is 4.13. The van der Waals surface area contributed by atoms with Gasteiger partial charge in [0.25, 0.3) is 5.91 Å². The number of carbonyl (C=O) groups is 1. The van der Waals surface area contributed by atoms with Gasteiger partial charge in [0, 0.05) is 23.1 Å². The maximum Gasteiger partial charge on any atom is 0.265 e. The molecule has 0 radical (unpaired) electrons. The third kappa shape index (κ3) is 5.56. The van der Waals surface area contributed by atoms with Crippen LogP contribution in [0.3, 0.4) is 0 Å². The van der Waals surface area contributed by atoms with E-state index < -0.39 is 6.10 Å². The number of nitrogens with one attached hydrogen (secondary N) is 1. The van der Waals surface area contributed by atoms with E-state index in [1.165, 1.54) is 11.1 Å². The van der Waals surface area contributed by atoms with Crippen LogP contribution in [-0.2, 0) is 11.2 Å². The van der Waals surface area contributed by atoms with Gasteiger partial charge in [0.05, 0.1) is 0 Å². The highest BCUT2D eigenvalue weighted by Crippen LogP contribution is 2.19. The monoisotopic (exact) mass is 380 g/mol. The van der Waals surface area contributed by atoms with E-state index in [4.69, 9.17) is 16.3 Å². The fraction of sp³-hybridized carbons (Fsp3) is 0.182. The van der Waals surface area contributed by atoms with Crippen LogP contribution in [0.25, 0.3) is 0 Å². The molecule has 0 fully saturated rings. The lowest BCUT2D eigenvalue weighted by molar-refractivity contribution is -0.122. The van der Waals surface area contributed by atoms with Crippen LogP contribution in [0.4, 0.5) is 5.69 Å². The van der Waals surface area contributed by atoms with Gasteiger partial charge in [0.1, 0.15) is 5.75 Å². The maximum absolute atomic E-state index is 12.5. The lowest BCUT2D eigenvalue weighted by Gasteiger charge is -2.17. The zero-order valence-electron chi connectivity index (χ0n) is 15.1. The van der Waals surface area contributed by atoms with Crippen molar-refractivity contribution in [2.75, 3.05) is 5.32 Å². The Bertz CT molecular complexity index is 865. The van der Waals surface area contributed by atoms with Gasteiger partial charge in [-0.3, -0.25) is 9.78 Å². The Morgan fingerprint density at radius 3 is 2.26 bits per heavy atom. The van der Waals surface area contributed by atoms with E-state index in [2.05, 4.69) is 10.3 Å². The van der Waals surface area contributed by atoms with E-state index in [-0.39, 0.29) is 5.91 Å². The molecule has 1 atom stereocenters. The van der Waals surface area contributed by atoms with Gasteiger partial charge < -0.3 is 10.1 Å². The summed E-state index contributed by atoms with van der Waals surface area (Å²) in [6, 6.07) is 18.8. The predicted octanol–water partition coefficient (Wildman–Crippen LogP) is 5.12. The molecule has 0 aliphatic carbocycles. The number of anilines is 1. The summed E-state index contributed by atoms with van der Waals surface area (Å²) in [7, 11) is 0. The quantitative estimate of drug-likeness (QED) is 0.618. The maximum atomic E-state index is 12.5. The summed E-state index contributed by atoms with van der Waals surface area (Å²) in [5.74, 6) is 0.448. The molecule has 0 aliphatic rings. The molecule has 2 aromatic carbocycles. The molecular weight excluding hydrogens is 360 g/mol. The highest BCUT2D eigenvalue weighted by atomic mass is 35.5.